The number of nitrogens with zero attached hydrogens (tertiary/aromatic N) is 1. The van der Waals surface area contributed by atoms with E-state index in [1.165, 1.54) is 13.5 Å². The SMILES string of the molecule is COCC(=O)NC1CCN(C(=O)CC2(CN)CCC2)CC1. The highest BCUT2D eigenvalue weighted by Gasteiger charge is 2.39. The number of rotatable bonds is 6. The second kappa shape index (κ2) is 7.22. The molecule has 6 nitrogen and oxygen atoms in total. The topological polar surface area (TPSA) is 84.7 Å². The van der Waals surface area contributed by atoms with E-state index in [0.29, 0.717) is 13.0 Å². The molecule has 0 bridgehead atoms. The van der Waals surface area contributed by atoms with Crippen molar-refractivity contribution in [2.45, 2.75) is 44.6 Å². The van der Waals surface area contributed by atoms with E-state index >= 15 is 0 Å². The summed E-state index contributed by atoms with van der Waals surface area (Å²) in [4.78, 5) is 25.8. The summed E-state index contributed by atoms with van der Waals surface area (Å²) in [5.41, 5.74) is 5.89. The van der Waals surface area contributed by atoms with Crippen molar-refractivity contribution in [1.82, 2.24) is 10.2 Å². The van der Waals surface area contributed by atoms with Crippen molar-refractivity contribution in [2.24, 2.45) is 11.1 Å². The average molecular weight is 297 g/mol. The van der Waals surface area contributed by atoms with E-state index in [1.54, 1.807) is 0 Å². The molecule has 3 N–H and O–H groups in total. The normalized spacial score (nSPS) is 21.7. The molecule has 0 aromatic rings. The zero-order valence-electron chi connectivity index (χ0n) is 12.9. The Morgan fingerprint density at radius 1 is 1.33 bits per heavy atom. The Kier molecular flexibility index (Phi) is 5.58. The molecule has 120 valence electrons. The van der Waals surface area contributed by atoms with Gasteiger partial charge in [-0.3, -0.25) is 9.59 Å². The molecule has 2 amide bonds. The molecule has 2 rings (SSSR count). The molecule has 0 radical (unpaired) electrons. The maximum absolute atomic E-state index is 12.4. The van der Waals surface area contributed by atoms with Crippen LogP contribution < -0.4 is 11.1 Å². The van der Waals surface area contributed by atoms with Crippen molar-refractivity contribution in [1.29, 1.82) is 0 Å². The standard InChI is InChI=1S/C15H27N3O3/c1-21-10-13(19)17-12-3-7-18(8-4-12)14(20)9-15(11-16)5-2-6-15/h12H,2-11,16H2,1H3,(H,17,19). The lowest BCUT2D eigenvalue weighted by Gasteiger charge is -2.42. The molecule has 1 saturated heterocycles. The minimum atomic E-state index is -0.0844. The van der Waals surface area contributed by atoms with Gasteiger partial charge in [0, 0.05) is 32.7 Å². The smallest absolute Gasteiger partial charge is 0.246 e. The summed E-state index contributed by atoms with van der Waals surface area (Å²) >= 11 is 0. The lowest BCUT2D eigenvalue weighted by molar-refractivity contribution is -0.136. The molecule has 0 spiro atoms. The van der Waals surface area contributed by atoms with Gasteiger partial charge in [0.2, 0.25) is 11.8 Å². The number of ether oxygens (including phenoxy) is 1. The fraction of sp³-hybridized carbons (Fsp3) is 0.867. The van der Waals surface area contributed by atoms with E-state index in [4.69, 9.17) is 10.5 Å². The van der Waals surface area contributed by atoms with Gasteiger partial charge in [0.25, 0.3) is 0 Å². The molecule has 2 aliphatic rings. The lowest BCUT2D eigenvalue weighted by Crippen LogP contribution is -2.49. The minimum Gasteiger partial charge on any atom is -0.375 e. The summed E-state index contributed by atoms with van der Waals surface area (Å²) < 4.78 is 4.80. The van der Waals surface area contributed by atoms with Crippen molar-refractivity contribution >= 4 is 11.8 Å². The van der Waals surface area contributed by atoms with Crippen LogP contribution in [0, 0.1) is 5.41 Å². The van der Waals surface area contributed by atoms with Crippen LogP contribution in [-0.4, -0.2) is 56.1 Å². The quantitative estimate of drug-likeness (QED) is 0.736. The van der Waals surface area contributed by atoms with E-state index in [2.05, 4.69) is 5.32 Å². The molecule has 0 aromatic heterocycles. The Labute approximate surface area is 126 Å². The van der Waals surface area contributed by atoms with Gasteiger partial charge in [0.05, 0.1) is 0 Å². The summed E-state index contributed by atoms with van der Waals surface area (Å²) in [5, 5.41) is 2.94. The van der Waals surface area contributed by atoms with Crippen molar-refractivity contribution in [3.63, 3.8) is 0 Å². The predicted molar refractivity (Wildman–Crippen MR) is 79.6 cm³/mol. The van der Waals surface area contributed by atoms with Crippen LogP contribution in [0.1, 0.15) is 38.5 Å². The number of carbonyl (C=O) groups is 2. The second-order valence-electron chi connectivity index (χ2n) is 6.39. The van der Waals surface area contributed by atoms with Crippen LogP contribution in [-0.2, 0) is 14.3 Å². The first-order valence-corrected chi connectivity index (χ1v) is 7.85. The van der Waals surface area contributed by atoms with E-state index in [1.807, 2.05) is 4.90 Å². The summed E-state index contributed by atoms with van der Waals surface area (Å²) in [5.74, 6) is 0.139. The molecular formula is C15H27N3O3. The first-order chi connectivity index (χ1) is 10.1. The molecule has 2 fully saturated rings. The van der Waals surface area contributed by atoms with Gasteiger partial charge in [0.1, 0.15) is 6.61 Å². The summed E-state index contributed by atoms with van der Waals surface area (Å²) in [7, 11) is 1.51. The highest BCUT2D eigenvalue weighted by Crippen LogP contribution is 2.43. The molecule has 1 saturated carbocycles. The monoisotopic (exact) mass is 297 g/mol. The fourth-order valence-corrected chi connectivity index (χ4v) is 3.24. The van der Waals surface area contributed by atoms with Crippen LogP contribution in [0.4, 0.5) is 0 Å². The third kappa shape index (κ3) is 4.17. The molecule has 0 atom stereocenters. The minimum absolute atomic E-state index is 0.0701. The third-order valence-electron chi connectivity index (χ3n) is 4.86. The number of amides is 2. The van der Waals surface area contributed by atoms with Gasteiger partial charge in [0.15, 0.2) is 0 Å². The van der Waals surface area contributed by atoms with Crippen LogP contribution in [0.5, 0.6) is 0 Å². The molecule has 6 heteroatoms. The van der Waals surface area contributed by atoms with Crippen molar-refractivity contribution in [3.8, 4) is 0 Å². The summed E-state index contributed by atoms with van der Waals surface area (Å²) in [6, 6.07) is 0.156. The molecule has 1 aliphatic heterocycles. The zero-order valence-corrected chi connectivity index (χ0v) is 12.9. The number of nitrogens with one attached hydrogen (secondary N) is 1. The largest absolute Gasteiger partial charge is 0.375 e. The van der Waals surface area contributed by atoms with E-state index in [0.717, 1.165) is 38.8 Å². The number of hydrogen-bond acceptors (Lipinski definition) is 4. The van der Waals surface area contributed by atoms with Crippen molar-refractivity contribution in [2.75, 3.05) is 33.4 Å². The Hall–Kier alpha value is -1.14. The van der Waals surface area contributed by atoms with Crippen LogP contribution in [0.25, 0.3) is 0 Å². The Morgan fingerprint density at radius 3 is 2.48 bits per heavy atom. The van der Waals surface area contributed by atoms with Gasteiger partial charge in [-0.05, 0) is 37.6 Å². The van der Waals surface area contributed by atoms with E-state index < -0.39 is 0 Å². The van der Waals surface area contributed by atoms with Gasteiger partial charge in [-0.15, -0.1) is 0 Å². The number of likely N-dealkylation sites (tertiary alicyclic amines) is 1. The lowest BCUT2D eigenvalue weighted by atomic mass is 9.66. The molecular weight excluding hydrogens is 270 g/mol. The van der Waals surface area contributed by atoms with Gasteiger partial charge in [-0.25, -0.2) is 0 Å². The maximum Gasteiger partial charge on any atom is 0.246 e. The molecule has 0 aromatic carbocycles. The summed E-state index contributed by atoms with van der Waals surface area (Å²) in [6.45, 7) is 2.15. The van der Waals surface area contributed by atoms with Gasteiger partial charge < -0.3 is 20.7 Å². The highest BCUT2D eigenvalue weighted by atomic mass is 16.5. The Balaban J connectivity index is 1.73. The highest BCUT2D eigenvalue weighted by molar-refractivity contribution is 5.78. The van der Waals surface area contributed by atoms with Crippen LogP contribution in [0.2, 0.25) is 0 Å². The van der Waals surface area contributed by atoms with Crippen molar-refractivity contribution < 1.29 is 14.3 Å². The van der Waals surface area contributed by atoms with Crippen molar-refractivity contribution in [3.05, 3.63) is 0 Å². The third-order valence-corrected chi connectivity index (χ3v) is 4.86. The van der Waals surface area contributed by atoms with Crippen LogP contribution in [0.3, 0.4) is 0 Å². The number of carbonyl (C=O) groups excluding carboxylic acids is 2. The molecule has 21 heavy (non-hydrogen) atoms. The van der Waals surface area contributed by atoms with E-state index in [-0.39, 0.29) is 29.9 Å². The Bertz CT molecular complexity index is 369. The molecule has 1 heterocycles. The number of methoxy groups -OCH3 is 1. The van der Waals surface area contributed by atoms with Crippen LogP contribution >= 0.6 is 0 Å². The number of nitrogens with two attached hydrogens (primary N) is 1. The first kappa shape index (κ1) is 16.2. The van der Waals surface area contributed by atoms with Gasteiger partial charge in [-0.2, -0.15) is 0 Å². The second-order valence-corrected chi connectivity index (χ2v) is 6.39. The average Bonchev–Trinajstić information content (AvgIpc) is 2.43. The van der Waals surface area contributed by atoms with E-state index in [9.17, 15) is 9.59 Å². The van der Waals surface area contributed by atoms with Gasteiger partial charge in [-0.1, -0.05) is 6.42 Å². The number of piperidine rings is 1. The first-order valence-electron chi connectivity index (χ1n) is 7.85. The predicted octanol–water partition coefficient (Wildman–Crippen LogP) is 0.259. The fourth-order valence-electron chi connectivity index (χ4n) is 3.24. The Morgan fingerprint density at radius 2 is 2.00 bits per heavy atom. The molecule has 0 unspecified atom stereocenters. The maximum atomic E-state index is 12.4. The van der Waals surface area contributed by atoms with Crippen LogP contribution in [0.15, 0.2) is 0 Å². The van der Waals surface area contributed by atoms with Gasteiger partial charge >= 0.3 is 0 Å². The zero-order chi connectivity index (χ0) is 15.3. The summed E-state index contributed by atoms with van der Waals surface area (Å²) in [6.07, 6.45) is 5.58. The number of hydrogen-bond donors (Lipinski definition) is 2. The molecule has 1 aliphatic carbocycles.